The molecule has 2 aromatic rings. The third-order valence-corrected chi connectivity index (χ3v) is 4.19. The summed E-state index contributed by atoms with van der Waals surface area (Å²) in [4.78, 5) is -0.403. The fraction of sp³-hybridized carbons (Fsp3) is 0.143. The number of nitrogens with one attached hydrogen (secondary N) is 1. The minimum Gasteiger partial charge on any atom is -0.389 e. The van der Waals surface area contributed by atoms with E-state index in [4.69, 9.17) is 0 Å². The van der Waals surface area contributed by atoms with Crippen molar-refractivity contribution >= 4 is 15.7 Å². The second kappa shape index (κ2) is 5.60. The van der Waals surface area contributed by atoms with Gasteiger partial charge in [0.05, 0.1) is 6.10 Å². The Hall–Kier alpha value is -1.92. The molecule has 0 aliphatic carbocycles. The zero-order valence-corrected chi connectivity index (χ0v) is 11.6. The summed E-state index contributed by atoms with van der Waals surface area (Å²) in [5.41, 5.74) is 0.969. The Labute approximate surface area is 116 Å². The normalized spacial score (nSPS) is 12.9. The zero-order chi connectivity index (χ0) is 14.8. The standard InChI is InChI=1S/C14H14FNO3S/c1-10(17)11-6-8-12(9-7-11)16-20(18,19)14-5-3-2-4-13(14)15/h2-10,16-17H,1H3. The molecule has 1 unspecified atom stereocenters. The lowest BCUT2D eigenvalue weighted by Crippen LogP contribution is -2.14. The minimum atomic E-state index is -3.96. The molecule has 0 heterocycles. The molecule has 0 fully saturated rings. The molecule has 20 heavy (non-hydrogen) atoms. The summed E-state index contributed by atoms with van der Waals surface area (Å²) in [7, 11) is -3.96. The van der Waals surface area contributed by atoms with Crippen LogP contribution in [0.3, 0.4) is 0 Å². The Bertz CT molecular complexity index is 697. The number of aliphatic hydroxyl groups excluding tert-OH is 1. The topological polar surface area (TPSA) is 66.4 Å². The number of benzene rings is 2. The van der Waals surface area contributed by atoms with Crippen molar-refractivity contribution in [1.82, 2.24) is 0 Å². The molecule has 0 radical (unpaired) electrons. The molecule has 0 saturated carbocycles. The van der Waals surface area contributed by atoms with Crippen LogP contribution in [0.25, 0.3) is 0 Å². The van der Waals surface area contributed by atoms with E-state index < -0.39 is 26.8 Å². The Morgan fingerprint density at radius 1 is 1.10 bits per heavy atom. The Morgan fingerprint density at radius 2 is 1.70 bits per heavy atom. The molecule has 2 N–H and O–H groups in total. The van der Waals surface area contributed by atoms with Crippen LogP contribution in [0.15, 0.2) is 53.4 Å². The molecule has 0 spiro atoms. The van der Waals surface area contributed by atoms with E-state index in [1.54, 1.807) is 19.1 Å². The second-order valence-corrected chi connectivity index (χ2v) is 5.98. The number of sulfonamides is 1. The molecule has 6 heteroatoms. The molecule has 0 saturated heterocycles. The fourth-order valence-corrected chi connectivity index (χ4v) is 2.84. The van der Waals surface area contributed by atoms with Gasteiger partial charge < -0.3 is 5.11 Å². The molecule has 2 rings (SSSR count). The first-order valence-corrected chi connectivity index (χ1v) is 7.44. The van der Waals surface area contributed by atoms with E-state index in [0.717, 1.165) is 6.07 Å². The van der Waals surface area contributed by atoms with Crippen molar-refractivity contribution in [3.63, 3.8) is 0 Å². The largest absolute Gasteiger partial charge is 0.389 e. The molecule has 2 aromatic carbocycles. The van der Waals surface area contributed by atoms with E-state index in [-0.39, 0.29) is 0 Å². The van der Waals surface area contributed by atoms with Crippen LogP contribution >= 0.6 is 0 Å². The van der Waals surface area contributed by atoms with Crippen molar-refractivity contribution in [2.24, 2.45) is 0 Å². The lowest BCUT2D eigenvalue weighted by Gasteiger charge is -2.10. The minimum absolute atomic E-state index is 0.303. The smallest absolute Gasteiger partial charge is 0.264 e. The number of hydrogen-bond donors (Lipinski definition) is 2. The van der Waals surface area contributed by atoms with E-state index in [1.807, 2.05) is 0 Å². The molecular weight excluding hydrogens is 281 g/mol. The molecule has 0 bridgehead atoms. The molecule has 0 amide bonds. The van der Waals surface area contributed by atoms with Gasteiger partial charge in [0.15, 0.2) is 0 Å². The predicted molar refractivity (Wildman–Crippen MR) is 74.3 cm³/mol. The lowest BCUT2D eigenvalue weighted by atomic mass is 10.1. The van der Waals surface area contributed by atoms with Crippen molar-refractivity contribution in [3.05, 3.63) is 59.9 Å². The number of rotatable bonds is 4. The van der Waals surface area contributed by atoms with Crippen LogP contribution in [0.4, 0.5) is 10.1 Å². The lowest BCUT2D eigenvalue weighted by molar-refractivity contribution is 0.199. The van der Waals surface area contributed by atoms with Gasteiger partial charge in [-0.05, 0) is 36.8 Å². The summed E-state index contributed by atoms with van der Waals surface area (Å²) in [6.45, 7) is 1.61. The van der Waals surface area contributed by atoms with Gasteiger partial charge in [0, 0.05) is 5.69 Å². The fourth-order valence-electron chi connectivity index (χ4n) is 1.70. The Morgan fingerprint density at radius 3 is 2.25 bits per heavy atom. The summed E-state index contributed by atoms with van der Waals surface area (Å²) < 4.78 is 39.9. The molecule has 106 valence electrons. The van der Waals surface area contributed by atoms with Crippen molar-refractivity contribution in [1.29, 1.82) is 0 Å². The third-order valence-electron chi connectivity index (χ3n) is 2.77. The van der Waals surface area contributed by atoms with E-state index in [0.29, 0.717) is 11.3 Å². The quantitative estimate of drug-likeness (QED) is 0.911. The van der Waals surface area contributed by atoms with Gasteiger partial charge in [0.25, 0.3) is 10.0 Å². The van der Waals surface area contributed by atoms with Gasteiger partial charge in [-0.1, -0.05) is 24.3 Å². The van der Waals surface area contributed by atoms with Crippen LogP contribution in [0, 0.1) is 5.82 Å². The van der Waals surface area contributed by atoms with Crippen molar-refractivity contribution in [3.8, 4) is 0 Å². The van der Waals surface area contributed by atoms with Crippen LogP contribution in [-0.2, 0) is 10.0 Å². The summed E-state index contributed by atoms with van der Waals surface area (Å²) >= 11 is 0. The van der Waals surface area contributed by atoms with Crippen LogP contribution in [0.1, 0.15) is 18.6 Å². The highest BCUT2D eigenvalue weighted by molar-refractivity contribution is 7.92. The zero-order valence-electron chi connectivity index (χ0n) is 10.7. The average Bonchev–Trinajstić information content (AvgIpc) is 2.39. The first-order chi connectivity index (χ1) is 9.40. The van der Waals surface area contributed by atoms with Gasteiger partial charge in [-0.25, -0.2) is 12.8 Å². The third kappa shape index (κ3) is 3.15. The van der Waals surface area contributed by atoms with Gasteiger partial charge in [-0.3, -0.25) is 4.72 Å². The highest BCUT2D eigenvalue weighted by Crippen LogP contribution is 2.20. The Kier molecular flexibility index (Phi) is 4.06. The summed E-state index contributed by atoms with van der Waals surface area (Å²) in [5, 5.41) is 9.37. The summed E-state index contributed by atoms with van der Waals surface area (Å²) in [6.07, 6.45) is -0.632. The highest BCUT2D eigenvalue weighted by Gasteiger charge is 2.18. The maximum Gasteiger partial charge on any atom is 0.264 e. The van der Waals surface area contributed by atoms with Crippen LogP contribution < -0.4 is 4.72 Å². The van der Waals surface area contributed by atoms with Gasteiger partial charge in [-0.2, -0.15) is 0 Å². The van der Waals surface area contributed by atoms with Gasteiger partial charge in [-0.15, -0.1) is 0 Å². The van der Waals surface area contributed by atoms with Gasteiger partial charge in [0.1, 0.15) is 10.7 Å². The molecule has 0 aromatic heterocycles. The number of halogens is 1. The highest BCUT2D eigenvalue weighted by atomic mass is 32.2. The summed E-state index contributed by atoms with van der Waals surface area (Å²) in [6, 6.07) is 11.4. The van der Waals surface area contributed by atoms with E-state index in [2.05, 4.69) is 4.72 Å². The van der Waals surface area contributed by atoms with Crippen LogP contribution in [0.2, 0.25) is 0 Å². The first-order valence-electron chi connectivity index (χ1n) is 5.95. The van der Waals surface area contributed by atoms with Crippen LogP contribution in [-0.4, -0.2) is 13.5 Å². The molecular formula is C14H14FNO3S. The molecule has 0 aliphatic heterocycles. The predicted octanol–water partition coefficient (Wildman–Crippen LogP) is 2.68. The van der Waals surface area contributed by atoms with Crippen molar-refractivity contribution < 1.29 is 17.9 Å². The monoisotopic (exact) mass is 295 g/mol. The number of aliphatic hydroxyl groups is 1. The van der Waals surface area contributed by atoms with Gasteiger partial charge >= 0.3 is 0 Å². The maximum atomic E-state index is 13.5. The van der Waals surface area contributed by atoms with E-state index in [9.17, 15) is 17.9 Å². The SMILES string of the molecule is CC(O)c1ccc(NS(=O)(=O)c2ccccc2F)cc1. The first kappa shape index (κ1) is 14.5. The second-order valence-electron chi connectivity index (χ2n) is 4.33. The molecule has 0 aliphatic rings. The number of anilines is 1. The van der Waals surface area contributed by atoms with E-state index >= 15 is 0 Å². The number of hydrogen-bond acceptors (Lipinski definition) is 3. The van der Waals surface area contributed by atoms with Crippen molar-refractivity contribution in [2.45, 2.75) is 17.9 Å². The van der Waals surface area contributed by atoms with E-state index in [1.165, 1.54) is 30.3 Å². The average molecular weight is 295 g/mol. The Balaban J connectivity index is 2.27. The summed E-state index contributed by atoms with van der Waals surface area (Å²) in [5.74, 6) is -0.805. The van der Waals surface area contributed by atoms with Crippen molar-refractivity contribution in [2.75, 3.05) is 4.72 Å². The van der Waals surface area contributed by atoms with Crippen LogP contribution in [0.5, 0.6) is 0 Å². The molecule has 4 nitrogen and oxygen atoms in total. The maximum absolute atomic E-state index is 13.5. The van der Waals surface area contributed by atoms with Gasteiger partial charge in [0.2, 0.25) is 0 Å². The molecule has 1 atom stereocenters.